The third-order valence-corrected chi connectivity index (χ3v) is 6.40. The van der Waals surface area contributed by atoms with Crippen molar-refractivity contribution in [1.82, 2.24) is 0 Å². The molecule has 9 heteroatoms. The molecular weight excluding hydrogens is 545 g/mol. The molecule has 3 aromatic carbocycles. The lowest BCUT2D eigenvalue weighted by Gasteiger charge is -2.27. The summed E-state index contributed by atoms with van der Waals surface area (Å²) < 4.78 is 6.54. The van der Waals surface area contributed by atoms with Gasteiger partial charge < -0.3 is 14.6 Å². The minimum Gasteiger partial charge on any atom is -0.508 e. The van der Waals surface area contributed by atoms with Crippen molar-refractivity contribution in [3.8, 4) is 5.75 Å². The molecule has 1 atom stereocenters. The number of anilines is 1. The maximum Gasteiger partial charge on any atom is 0.294 e. The van der Waals surface area contributed by atoms with Crippen molar-refractivity contribution in [3.05, 3.63) is 104 Å². The van der Waals surface area contributed by atoms with E-state index in [4.69, 9.17) is 27.6 Å². The third kappa shape index (κ3) is 3.86. The number of halogens is 3. The third-order valence-electron chi connectivity index (χ3n) is 5.47. The molecule has 170 valence electrons. The fourth-order valence-corrected chi connectivity index (χ4v) is 4.94. The molecule has 1 aliphatic heterocycles. The van der Waals surface area contributed by atoms with Crippen molar-refractivity contribution in [2.45, 2.75) is 6.04 Å². The molecule has 0 saturated carbocycles. The number of carbonyl (C=O) groups is 2. The van der Waals surface area contributed by atoms with Gasteiger partial charge in [0.15, 0.2) is 11.5 Å². The monoisotopic (exact) mass is 557 g/mol. The van der Waals surface area contributed by atoms with Gasteiger partial charge in [0.05, 0.1) is 11.6 Å². The van der Waals surface area contributed by atoms with Crippen LogP contribution in [0.15, 0.2) is 87.0 Å². The SMILES string of the molecule is O=C(C1=C(O)C(=O)N(c2cc(Cl)cc(Cl)c2)C1c1cccc(O)c1)c1cc2cc(Br)ccc2o1. The van der Waals surface area contributed by atoms with Crippen LogP contribution in [-0.4, -0.2) is 21.9 Å². The number of phenols is 1. The van der Waals surface area contributed by atoms with Crippen LogP contribution in [0.3, 0.4) is 0 Å². The summed E-state index contributed by atoms with van der Waals surface area (Å²) >= 11 is 15.7. The number of aliphatic hydroxyl groups excluding tert-OH is 1. The van der Waals surface area contributed by atoms with Gasteiger partial charge in [0.1, 0.15) is 11.3 Å². The molecule has 1 aliphatic rings. The van der Waals surface area contributed by atoms with Gasteiger partial charge in [-0.1, -0.05) is 51.3 Å². The summed E-state index contributed by atoms with van der Waals surface area (Å²) in [6.07, 6.45) is 0. The maximum absolute atomic E-state index is 13.6. The number of carbonyl (C=O) groups excluding carboxylic acids is 2. The molecule has 0 saturated heterocycles. The summed E-state index contributed by atoms with van der Waals surface area (Å²) in [4.78, 5) is 28.1. The second-order valence-corrected chi connectivity index (χ2v) is 9.47. The van der Waals surface area contributed by atoms with Crippen LogP contribution in [0.5, 0.6) is 5.75 Å². The highest BCUT2D eigenvalue weighted by molar-refractivity contribution is 9.10. The number of hydrogen-bond donors (Lipinski definition) is 2. The first kappa shape index (κ1) is 22.5. The van der Waals surface area contributed by atoms with E-state index in [2.05, 4.69) is 15.9 Å². The van der Waals surface area contributed by atoms with Crippen LogP contribution in [-0.2, 0) is 4.79 Å². The Morgan fingerprint density at radius 1 is 0.971 bits per heavy atom. The molecule has 1 aromatic heterocycles. The van der Waals surface area contributed by atoms with Gasteiger partial charge in [0.25, 0.3) is 5.91 Å². The Balaban J connectivity index is 1.68. The Morgan fingerprint density at radius 3 is 2.41 bits per heavy atom. The van der Waals surface area contributed by atoms with E-state index in [9.17, 15) is 19.8 Å². The molecule has 6 nitrogen and oxygen atoms in total. The van der Waals surface area contributed by atoms with Gasteiger partial charge in [-0.15, -0.1) is 0 Å². The number of fused-ring (bicyclic) bond motifs is 1. The highest BCUT2D eigenvalue weighted by Crippen LogP contribution is 2.44. The quantitative estimate of drug-likeness (QED) is 0.263. The van der Waals surface area contributed by atoms with E-state index in [-0.39, 0.29) is 32.8 Å². The van der Waals surface area contributed by atoms with Crippen LogP contribution < -0.4 is 4.90 Å². The van der Waals surface area contributed by atoms with Crippen LogP contribution in [0.25, 0.3) is 11.0 Å². The van der Waals surface area contributed by atoms with E-state index < -0.39 is 23.5 Å². The van der Waals surface area contributed by atoms with E-state index in [1.165, 1.54) is 35.2 Å². The van der Waals surface area contributed by atoms with Gasteiger partial charge in [-0.3, -0.25) is 14.5 Å². The number of benzene rings is 3. The van der Waals surface area contributed by atoms with Crippen molar-refractivity contribution < 1.29 is 24.2 Å². The first-order valence-corrected chi connectivity index (χ1v) is 11.5. The fourth-order valence-electron chi connectivity index (χ4n) is 4.05. The lowest BCUT2D eigenvalue weighted by atomic mass is 9.94. The Kier molecular flexibility index (Phi) is 5.64. The highest BCUT2D eigenvalue weighted by atomic mass is 79.9. The number of hydrogen-bond acceptors (Lipinski definition) is 5. The summed E-state index contributed by atoms with van der Waals surface area (Å²) in [7, 11) is 0. The molecule has 0 fully saturated rings. The minimum atomic E-state index is -1.07. The van der Waals surface area contributed by atoms with E-state index in [0.29, 0.717) is 16.5 Å². The van der Waals surface area contributed by atoms with E-state index in [0.717, 1.165) is 4.47 Å². The van der Waals surface area contributed by atoms with Crippen LogP contribution in [0.1, 0.15) is 22.2 Å². The predicted molar refractivity (Wildman–Crippen MR) is 133 cm³/mol. The summed E-state index contributed by atoms with van der Waals surface area (Å²) in [6, 6.07) is 16.3. The fraction of sp³-hybridized carbons (Fsp3) is 0.0400. The van der Waals surface area contributed by atoms with Crippen LogP contribution >= 0.6 is 39.1 Å². The van der Waals surface area contributed by atoms with Crippen LogP contribution in [0.2, 0.25) is 10.0 Å². The normalized spacial score (nSPS) is 16.0. The zero-order chi connectivity index (χ0) is 24.1. The summed E-state index contributed by atoms with van der Waals surface area (Å²) in [5, 5.41) is 22.2. The van der Waals surface area contributed by atoms with E-state index >= 15 is 0 Å². The molecule has 0 bridgehead atoms. The number of phenolic OH excluding ortho intramolecular Hbond substituents is 1. The van der Waals surface area contributed by atoms with Crippen LogP contribution in [0, 0.1) is 0 Å². The van der Waals surface area contributed by atoms with Gasteiger partial charge in [0, 0.05) is 25.6 Å². The number of Topliss-reactive ketones (excluding diaryl/α,β-unsaturated/α-hetero) is 1. The first-order chi connectivity index (χ1) is 16.2. The molecule has 2 N–H and O–H groups in total. The van der Waals surface area contributed by atoms with Crippen LogP contribution in [0.4, 0.5) is 5.69 Å². The molecule has 5 rings (SSSR count). The average molecular weight is 559 g/mol. The number of aromatic hydroxyl groups is 1. The van der Waals surface area contributed by atoms with Crippen molar-refractivity contribution >= 4 is 67.5 Å². The Hall–Kier alpha value is -3.26. The van der Waals surface area contributed by atoms with Gasteiger partial charge in [-0.25, -0.2) is 0 Å². The predicted octanol–water partition coefficient (Wildman–Crippen LogP) is 6.99. The lowest BCUT2D eigenvalue weighted by molar-refractivity contribution is -0.117. The number of furan rings is 1. The number of amides is 1. The van der Waals surface area contributed by atoms with Crippen molar-refractivity contribution in [3.63, 3.8) is 0 Å². The Morgan fingerprint density at radius 2 is 1.71 bits per heavy atom. The zero-order valence-electron chi connectivity index (χ0n) is 17.1. The molecule has 0 aliphatic carbocycles. The average Bonchev–Trinajstić information content (AvgIpc) is 3.31. The molecule has 0 spiro atoms. The summed E-state index contributed by atoms with van der Waals surface area (Å²) in [5.41, 5.74) is 0.961. The lowest BCUT2D eigenvalue weighted by Crippen LogP contribution is -2.31. The standard InChI is InChI=1S/C25H14BrCl2NO5/c26-14-4-5-19-13(6-14)8-20(34-19)23(31)21-22(12-2-1-3-18(30)7-12)29(25(33)24(21)32)17-10-15(27)9-16(28)11-17/h1-11,22,30,32H. The zero-order valence-corrected chi connectivity index (χ0v) is 20.2. The van der Waals surface area contributed by atoms with Crippen molar-refractivity contribution in [1.29, 1.82) is 0 Å². The Bertz CT molecular complexity index is 1510. The van der Waals surface area contributed by atoms with Gasteiger partial charge in [-0.2, -0.15) is 0 Å². The Labute approximate surface area is 211 Å². The summed E-state index contributed by atoms with van der Waals surface area (Å²) in [5.74, 6) is -2.31. The van der Waals surface area contributed by atoms with Gasteiger partial charge in [-0.05, 0) is 60.2 Å². The van der Waals surface area contributed by atoms with Gasteiger partial charge in [0.2, 0.25) is 5.78 Å². The maximum atomic E-state index is 13.6. The molecule has 4 aromatic rings. The van der Waals surface area contributed by atoms with E-state index in [1.807, 2.05) is 0 Å². The number of rotatable bonds is 4. The second kappa shape index (κ2) is 8.51. The van der Waals surface area contributed by atoms with E-state index in [1.54, 1.807) is 36.4 Å². The number of nitrogens with zero attached hydrogens (tertiary/aromatic N) is 1. The molecule has 2 heterocycles. The smallest absolute Gasteiger partial charge is 0.294 e. The molecule has 1 unspecified atom stereocenters. The first-order valence-electron chi connectivity index (χ1n) is 9.98. The number of aliphatic hydroxyl groups is 1. The second-order valence-electron chi connectivity index (χ2n) is 7.68. The van der Waals surface area contributed by atoms with Gasteiger partial charge >= 0.3 is 0 Å². The molecule has 34 heavy (non-hydrogen) atoms. The minimum absolute atomic E-state index is 0.0430. The van der Waals surface area contributed by atoms with Crippen molar-refractivity contribution in [2.75, 3.05) is 4.90 Å². The highest BCUT2D eigenvalue weighted by Gasteiger charge is 2.45. The molecule has 0 radical (unpaired) electrons. The van der Waals surface area contributed by atoms with Crippen molar-refractivity contribution in [2.24, 2.45) is 0 Å². The molecule has 1 amide bonds. The number of ketones is 1. The topological polar surface area (TPSA) is 91.0 Å². The molecular formula is C25H14BrCl2NO5. The summed E-state index contributed by atoms with van der Waals surface area (Å²) in [6.45, 7) is 0. The largest absolute Gasteiger partial charge is 0.508 e.